The van der Waals surface area contributed by atoms with Crippen molar-refractivity contribution >= 4 is 33.4 Å². The normalized spacial score (nSPS) is 17.1. The summed E-state index contributed by atoms with van der Waals surface area (Å²) in [4.78, 5) is 22.4. The number of alkyl halides is 3. The summed E-state index contributed by atoms with van der Waals surface area (Å²) in [6.07, 6.45) is -5.34. The Kier molecular flexibility index (Phi) is 10.9. The van der Waals surface area contributed by atoms with Gasteiger partial charge in [-0.15, -0.1) is 13.2 Å². The first-order valence-corrected chi connectivity index (χ1v) is 15.5. The summed E-state index contributed by atoms with van der Waals surface area (Å²) in [5, 5.41) is 15.8. The lowest BCUT2D eigenvalue weighted by atomic mass is 9.81. The van der Waals surface area contributed by atoms with Crippen LogP contribution in [0.5, 0.6) is 11.5 Å². The first-order valence-electron chi connectivity index (χ1n) is 14.7. The minimum Gasteiger partial charge on any atom is -0.494 e. The van der Waals surface area contributed by atoms with Crippen molar-refractivity contribution in [2.24, 2.45) is 10.1 Å². The Morgan fingerprint density at radius 1 is 1.00 bits per heavy atom. The summed E-state index contributed by atoms with van der Waals surface area (Å²) in [5.41, 5.74) is 10.2. The monoisotopic (exact) mass is 723 g/mol. The summed E-state index contributed by atoms with van der Waals surface area (Å²) >= 11 is 3.44. The van der Waals surface area contributed by atoms with Crippen LogP contribution in [0.25, 0.3) is 10.4 Å². The second-order valence-corrected chi connectivity index (χ2v) is 11.6. The number of nitrogens with one attached hydrogen (secondary N) is 1. The summed E-state index contributed by atoms with van der Waals surface area (Å²) in [7, 11) is 0. The van der Waals surface area contributed by atoms with Gasteiger partial charge in [0.15, 0.2) is 11.6 Å². The van der Waals surface area contributed by atoms with Crippen molar-refractivity contribution in [3.8, 4) is 11.5 Å². The Morgan fingerprint density at radius 2 is 1.67 bits per heavy atom. The molecular weight excluding hydrogens is 695 g/mol. The molecule has 10 nitrogen and oxygen atoms in total. The van der Waals surface area contributed by atoms with Crippen molar-refractivity contribution in [3.63, 3.8) is 0 Å². The molecule has 1 aliphatic heterocycles. The van der Waals surface area contributed by atoms with E-state index in [1.165, 1.54) is 12.1 Å². The number of aliphatic imine (C=N–C) groups is 1. The average Bonchev–Trinajstić information content (AvgIpc) is 3.45. The fourth-order valence-electron chi connectivity index (χ4n) is 5.17. The van der Waals surface area contributed by atoms with Crippen LogP contribution in [0.3, 0.4) is 0 Å². The van der Waals surface area contributed by atoms with Crippen molar-refractivity contribution in [1.82, 2.24) is 5.32 Å². The lowest BCUT2D eigenvalue weighted by molar-refractivity contribution is -0.274. The third kappa shape index (κ3) is 8.45. The number of carbonyl (C=O) groups is 1. The number of aliphatic hydroxyl groups is 1. The Balaban J connectivity index is 1.55. The van der Waals surface area contributed by atoms with Crippen LogP contribution in [-0.2, 0) is 22.5 Å². The number of azide groups is 1. The van der Waals surface area contributed by atoms with Crippen LogP contribution in [0, 0.1) is 0 Å². The number of carbonyl (C=O) groups excluding carboxylic acids is 1. The number of ether oxygens (including phenoxy) is 3. The fourth-order valence-corrected chi connectivity index (χ4v) is 5.43. The van der Waals surface area contributed by atoms with E-state index in [-0.39, 0.29) is 36.9 Å². The highest BCUT2D eigenvalue weighted by atomic mass is 79.9. The van der Waals surface area contributed by atoms with E-state index < -0.39 is 23.9 Å². The van der Waals surface area contributed by atoms with E-state index in [9.17, 15) is 23.5 Å². The summed E-state index contributed by atoms with van der Waals surface area (Å²) < 4.78 is 54.9. The van der Waals surface area contributed by atoms with E-state index in [1.54, 1.807) is 48.5 Å². The van der Waals surface area contributed by atoms with E-state index >= 15 is 0 Å². The Morgan fingerprint density at radius 3 is 2.33 bits per heavy atom. The van der Waals surface area contributed by atoms with E-state index in [0.29, 0.717) is 35.5 Å². The number of hydrogen-bond acceptors (Lipinski definition) is 7. The zero-order valence-electron chi connectivity index (χ0n) is 25.2. The van der Waals surface area contributed by atoms with Crippen molar-refractivity contribution in [3.05, 3.63) is 134 Å². The van der Waals surface area contributed by atoms with Gasteiger partial charge >= 0.3 is 6.36 Å². The predicted octanol–water partition coefficient (Wildman–Crippen LogP) is 7.87. The number of aliphatic hydroxyl groups excluding tert-OH is 1. The minimum atomic E-state index is -4.83. The lowest BCUT2D eigenvalue weighted by Gasteiger charge is -2.31. The first-order chi connectivity index (χ1) is 23.1. The number of hydrogen-bond donors (Lipinski definition) is 2. The molecule has 14 heteroatoms. The van der Waals surface area contributed by atoms with Crippen LogP contribution < -0.4 is 14.8 Å². The van der Waals surface area contributed by atoms with Crippen molar-refractivity contribution < 1.29 is 37.3 Å². The predicted molar refractivity (Wildman–Crippen MR) is 175 cm³/mol. The van der Waals surface area contributed by atoms with E-state index in [1.807, 2.05) is 24.3 Å². The highest BCUT2D eigenvalue weighted by molar-refractivity contribution is 9.10. The molecule has 0 spiro atoms. The molecule has 1 aliphatic rings. The number of rotatable bonds is 13. The summed E-state index contributed by atoms with van der Waals surface area (Å²) in [6.45, 7) is 0.296. The van der Waals surface area contributed by atoms with Gasteiger partial charge in [0.1, 0.15) is 11.5 Å². The molecule has 4 aromatic rings. The average molecular weight is 725 g/mol. The van der Waals surface area contributed by atoms with E-state index in [0.717, 1.165) is 22.2 Å². The Hall–Kier alpha value is -5.04. The summed E-state index contributed by atoms with van der Waals surface area (Å²) in [5.74, 6) is -0.178. The highest BCUT2D eigenvalue weighted by Crippen LogP contribution is 2.45. The number of halogens is 4. The third-order valence-corrected chi connectivity index (χ3v) is 7.93. The van der Waals surface area contributed by atoms with Gasteiger partial charge in [0.2, 0.25) is 5.90 Å². The van der Waals surface area contributed by atoms with Crippen LogP contribution in [0.15, 0.2) is 112 Å². The molecule has 0 bridgehead atoms. The molecule has 0 aliphatic carbocycles. The maximum absolute atomic E-state index is 14.5. The van der Waals surface area contributed by atoms with E-state index in [2.05, 4.69) is 36.0 Å². The Labute approximate surface area is 281 Å². The molecule has 4 aromatic carbocycles. The molecule has 0 fully saturated rings. The van der Waals surface area contributed by atoms with Gasteiger partial charge in [0.25, 0.3) is 5.91 Å². The topological polar surface area (TPSA) is 138 Å². The van der Waals surface area contributed by atoms with Crippen LogP contribution >= 0.6 is 15.9 Å². The van der Waals surface area contributed by atoms with Gasteiger partial charge in [-0.3, -0.25) is 4.79 Å². The standard InChI is InChI=1S/C34H29BrF3N5O5/c35-25-12-6-22(7-13-25)20-33(32(45)40-21-23-8-14-27(15-9-23)48-34(36,37)38)30(28-4-1-2-5-29(28)42-43-39)47-31(41-33)24-10-16-26(17-11-24)46-19-3-18-44/h1-2,4-17,30,44H,3,18-21H2,(H,40,45)/t30-,33-/m1/s1. The van der Waals surface area contributed by atoms with Gasteiger partial charge in [-0.25, -0.2) is 4.99 Å². The summed E-state index contributed by atoms with van der Waals surface area (Å²) in [6, 6.07) is 26.2. The zero-order chi connectivity index (χ0) is 34.1. The van der Waals surface area contributed by atoms with Gasteiger partial charge in [0.05, 0.1) is 6.61 Å². The molecule has 1 amide bonds. The third-order valence-electron chi connectivity index (χ3n) is 7.40. The number of benzene rings is 4. The molecule has 1 heterocycles. The first kappa shape index (κ1) is 34.3. The van der Waals surface area contributed by atoms with Gasteiger partial charge in [-0.2, -0.15) is 0 Å². The second-order valence-electron chi connectivity index (χ2n) is 10.7. The fraction of sp³-hybridized carbons (Fsp3) is 0.235. The molecule has 2 atom stereocenters. The van der Waals surface area contributed by atoms with Crippen molar-refractivity contribution in [1.29, 1.82) is 0 Å². The van der Waals surface area contributed by atoms with Gasteiger partial charge in [-0.1, -0.05) is 69.6 Å². The maximum Gasteiger partial charge on any atom is 0.573 e. The molecule has 0 saturated carbocycles. The zero-order valence-corrected chi connectivity index (χ0v) is 26.8. The molecule has 248 valence electrons. The maximum atomic E-state index is 14.5. The smallest absolute Gasteiger partial charge is 0.494 e. The van der Waals surface area contributed by atoms with Gasteiger partial charge in [-0.05, 0) is 65.2 Å². The number of amides is 1. The van der Waals surface area contributed by atoms with Crippen LogP contribution in [0.2, 0.25) is 0 Å². The largest absolute Gasteiger partial charge is 0.573 e. The van der Waals surface area contributed by atoms with Crippen molar-refractivity contribution in [2.45, 2.75) is 37.4 Å². The lowest BCUT2D eigenvalue weighted by Crippen LogP contribution is -2.49. The molecule has 0 saturated heterocycles. The van der Waals surface area contributed by atoms with E-state index in [4.69, 9.17) is 19.6 Å². The minimum absolute atomic E-state index is 0.00172. The quantitative estimate of drug-likeness (QED) is 0.0626. The molecule has 48 heavy (non-hydrogen) atoms. The molecular formula is C34H29BrF3N5O5. The molecule has 5 rings (SSSR count). The molecule has 2 N–H and O–H groups in total. The molecule has 0 aromatic heterocycles. The highest BCUT2D eigenvalue weighted by Gasteiger charge is 2.53. The van der Waals surface area contributed by atoms with Crippen LogP contribution in [0.4, 0.5) is 18.9 Å². The molecule has 0 radical (unpaired) electrons. The second kappa shape index (κ2) is 15.2. The van der Waals surface area contributed by atoms with Gasteiger partial charge < -0.3 is 24.6 Å². The Bertz CT molecular complexity index is 1800. The SMILES string of the molecule is [N-]=[N+]=Nc1ccccc1[C@H]1OC(c2ccc(OCCCO)cc2)=N[C@@]1(Cc1ccc(Br)cc1)C(=O)NCc1ccc(OC(F)(F)F)cc1. The van der Waals surface area contributed by atoms with Crippen molar-refractivity contribution in [2.75, 3.05) is 13.2 Å². The van der Waals surface area contributed by atoms with Crippen LogP contribution in [0.1, 0.15) is 34.8 Å². The number of nitrogens with zero attached hydrogens (tertiary/aromatic N) is 4. The van der Waals surface area contributed by atoms with Crippen LogP contribution in [-0.4, -0.2) is 42.0 Å². The van der Waals surface area contributed by atoms with Gasteiger partial charge in [0, 0.05) is 52.2 Å². The molecule has 0 unspecified atom stereocenters.